The molecule has 0 saturated carbocycles. The normalized spacial score (nSPS) is 15.8. The first-order valence-electron chi connectivity index (χ1n) is 11.6. The Bertz CT molecular complexity index is 889. The second kappa shape index (κ2) is 12.6. The summed E-state index contributed by atoms with van der Waals surface area (Å²) in [5, 5.41) is 8.30. The van der Waals surface area contributed by atoms with E-state index >= 15 is 0 Å². The average Bonchev–Trinajstić information content (AvgIpc) is 3.16. The van der Waals surface area contributed by atoms with Gasteiger partial charge in [0.25, 0.3) is 0 Å². The summed E-state index contributed by atoms with van der Waals surface area (Å²) in [6, 6.07) is 8.56. The molecule has 1 N–H and O–H groups in total. The number of hydrogen-bond acceptors (Lipinski definition) is 4. The van der Waals surface area contributed by atoms with E-state index in [1.807, 2.05) is 25.7 Å². The lowest BCUT2D eigenvalue weighted by Gasteiger charge is -2.39. The van der Waals surface area contributed by atoms with Crippen LogP contribution in [0.2, 0.25) is 0 Å². The van der Waals surface area contributed by atoms with Gasteiger partial charge in [-0.15, -0.1) is 24.0 Å². The van der Waals surface area contributed by atoms with Gasteiger partial charge in [-0.05, 0) is 43.4 Å². The smallest absolute Gasteiger partial charge is 0.193 e. The molecule has 7 nitrogen and oxygen atoms in total. The Morgan fingerprint density at radius 1 is 1.27 bits per heavy atom. The van der Waals surface area contributed by atoms with E-state index in [9.17, 15) is 0 Å². The highest BCUT2D eigenvalue weighted by Gasteiger charge is 2.35. The molecule has 33 heavy (non-hydrogen) atoms. The Morgan fingerprint density at radius 2 is 1.94 bits per heavy atom. The highest BCUT2D eigenvalue weighted by Crippen LogP contribution is 2.35. The Balaban J connectivity index is 0.00000385. The van der Waals surface area contributed by atoms with Gasteiger partial charge in [0.05, 0.1) is 12.3 Å². The molecule has 2 heterocycles. The number of nitrogens with one attached hydrogen (secondary N) is 1. The predicted molar refractivity (Wildman–Crippen MR) is 145 cm³/mol. The lowest BCUT2D eigenvalue weighted by atomic mass is 9.74. The number of nitrogens with zero attached hydrogens (tertiary/aromatic N) is 4. The van der Waals surface area contributed by atoms with E-state index in [1.54, 1.807) is 0 Å². The molecule has 1 aliphatic heterocycles. The lowest BCUT2D eigenvalue weighted by molar-refractivity contribution is 0.0512. The van der Waals surface area contributed by atoms with Crippen LogP contribution >= 0.6 is 24.0 Å². The predicted octanol–water partition coefficient (Wildman–Crippen LogP) is 4.32. The van der Waals surface area contributed by atoms with Crippen LogP contribution in [0.15, 0.2) is 35.5 Å². The maximum Gasteiger partial charge on any atom is 0.193 e. The van der Waals surface area contributed by atoms with Gasteiger partial charge in [0.1, 0.15) is 5.75 Å². The van der Waals surface area contributed by atoms with E-state index in [2.05, 4.69) is 71.7 Å². The van der Waals surface area contributed by atoms with E-state index < -0.39 is 0 Å². The molecule has 1 aromatic carbocycles. The molecule has 0 aliphatic carbocycles. The number of hydrogen-bond donors (Lipinski definition) is 1. The summed E-state index contributed by atoms with van der Waals surface area (Å²) in [6.45, 7) is 10.2. The number of rotatable bonds is 8. The minimum absolute atomic E-state index is 0. The van der Waals surface area contributed by atoms with Gasteiger partial charge in [0.2, 0.25) is 0 Å². The monoisotopic (exact) mass is 569 g/mol. The van der Waals surface area contributed by atoms with Crippen molar-refractivity contribution in [1.82, 2.24) is 20.0 Å². The average molecular weight is 570 g/mol. The molecule has 1 aliphatic rings. The third-order valence-corrected chi connectivity index (χ3v) is 6.28. The zero-order valence-corrected chi connectivity index (χ0v) is 23.3. The Morgan fingerprint density at radius 3 is 2.52 bits per heavy atom. The summed E-state index contributed by atoms with van der Waals surface area (Å²) in [7, 11) is 5.91. The Hall–Kier alpha value is -1.81. The van der Waals surface area contributed by atoms with Crippen LogP contribution in [0.5, 0.6) is 5.75 Å². The molecule has 1 aromatic heterocycles. The highest BCUT2D eigenvalue weighted by atomic mass is 127. The molecule has 1 saturated heterocycles. The van der Waals surface area contributed by atoms with Gasteiger partial charge in [-0.2, -0.15) is 5.10 Å². The molecule has 0 radical (unpaired) electrons. The van der Waals surface area contributed by atoms with E-state index in [-0.39, 0.29) is 29.4 Å². The summed E-state index contributed by atoms with van der Waals surface area (Å²) in [5.74, 6) is 2.19. The molecule has 0 atom stereocenters. The standard InChI is InChI=1S/C25H39N5O2.HI/c1-7-32-22-10-8-21(9-11-22)25(12-14-31-15-13-25)18-27-24(26-4)29(5)16-20-17-30(6)28-23(20)19(2)3;/h8-11,17,19H,7,12-16,18H2,1-6H3,(H,26,27);1H. The topological polar surface area (TPSA) is 63.9 Å². The largest absolute Gasteiger partial charge is 0.494 e. The fraction of sp³-hybridized carbons (Fsp3) is 0.600. The fourth-order valence-electron chi connectivity index (χ4n) is 4.53. The Kier molecular flexibility index (Phi) is 10.5. The van der Waals surface area contributed by atoms with Crippen molar-refractivity contribution in [3.05, 3.63) is 47.3 Å². The first-order valence-corrected chi connectivity index (χ1v) is 11.6. The molecule has 184 valence electrons. The zero-order valence-electron chi connectivity index (χ0n) is 20.9. The van der Waals surface area contributed by atoms with Crippen LogP contribution in [0.25, 0.3) is 0 Å². The first kappa shape index (κ1) is 27.4. The third-order valence-electron chi connectivity index (χ3n) is 6.28. The lowest BCUT2D eigenvalue weighted by Crippen LogP contribution is -2.48. The molecule has 0 amide bonds. The number of benzene rings is 1. The number of guanidine groups is 1. The van der Waals surface area contributed by atoms with Crippen molar-refractivity contribution in [3.8, 4) is 5.75 Å². The first-order chi connectivity index (χ1) is 15.4. The van der Waals surface area contributed by atoms with Gasteiger partial charge in [-0.1, -0.05) is 26.0 Å². The van der Waals surface area contributed by atoms with E-state index in [0.29, 0.717) is 12.5 Å². The minimum atomic E-state index is 0. The van der Waals surface area contributed by atoms with Crippen molar-refractivity contribution in [2.75, 3.05) is 40.5 Å². The molecule has 3 rings (SSSR count). The minimum Gasteiger partial charge on any atom is -0.494 e. The summed E-state index contributed by atoms with van der Waals surface area (Å²) >= 11 is 0. The maximum atomic E-state index is 5.70. The van der Waals surface area contributed by atoms with Gasteiger partial charge in [-0.3, -0.25) is 9.67 Å². The second-order valence-corrected chi connectivity index (χ2v) is 8.97. The summed E-state index contributed by atoms with van der Waals surface area (Å²) < 4.78 is 13.2. The highest BCUT2D eigenvalue weighted by molar-refractivity contribution is 14.0. The van der Waals surface area contributed by atoms with Crippen LogP contribution in [-0.2, 0) is 23.7 Å². The number of halogens is 1. The summed E-state index contributed by atoms with van der Waals surface area (Å²) in [5.41, 5.74) is 3.71. The SMILES string of the molecule is CCOc1ccc(C2(CNC(=NC)N(C)Cc3cn(C)nc3C(C)C)CCOCC2)cc1.I. The van der Waals surface area contributed by atoms with E-state index in [0.717, 1.165) is 56.5 Å². The van der Waals surface area contributed by atoms with Crippen molar-refractivity contribution in [2.45, 2.75) is 51.5 Å². The van der Waals surface area contributed by atoms with Gasteiger partial charge in [-0.25, -0.2) is 0 Å². The number of aromatic nitrogens is 2. The van der Waals surface area contributed by atoms with Crippen LogP contribution in [0.3, 0.4) is 0 Å². The maximum absolute atomic E-state index is 5.70. The van der Waals surface area contributed by atoms with Crippen LogP contribution in [0.1, 0.15) is 56.4 Å². The van der Waals surface area contributed by atoms with Crippen molar-refractivity contribution in [1.29, 1.82) is 0 Å². The van der Waals surface area contributed by atoms with Gasteiger partial charge in [0, 0.05) is 64.6 Å². The molecule has 0 spiro atoms. The van der Waals surface area contributed by atoms with Crippen LogP contribution in [0, 0.1) is 0 Å². The molecular formula is C25H40IN5O2. The quantitative estimate of drug-likeness (QED) is 0.292. The van der Waals surface area contributed by atoms with Crippen LogP contribution in [-0.4, -0.2) is 61.1 Å². The summed E-state index contributed by atoms with van der Waals surface area (Å²) in [4.78, 5) is 6.74. The number of aliphatic imine (C=N–C) groups is 1. The molecule has 8 heteroatoms. The molecule has 2 aromatic rings. The van der Waals surface area contributed by atoms with Gasteiger partial charge in [0.15, 0.2) is 5.96 Å². The van der Waals surface area contributed by atoms with E-state index in [4.69, 9.17) is 9.47 Å². The molecular weight excluding hydrogens is 529 g/mol. The van der Waals surface area contributed by atoms with Crippen molar-refractivity contribution < 1.29 is 9.47 Å². The van der Waals surface area contributed by atoms with E-state index in [1.165, 1.54) is 11.1 Å². The zero-order chi connectivity index (χ0) is 23.1. The van der Waals surface area contributed by atoms with Crippen molar-refractivity contribution >= 4 is 29.9 Å². The van der Waals surface area contributed by atoms with Gasteiger partial charge < -0.3 is 19.7 Å². The number of aryl methyl sites for hydroxylation is 1. The fourth-order valence-corrected chi connectivity index (χ4v) is 4.53. The number of ether oxygens (including phenoxy) is 2. The van der Waals surface area contributed by atoms with Crippen LogP contribution < -0.4 is 10.1 Å². The molecule has 0 bridgehead atoms. The molecule has 1 fully saturated rings. The van der Waals surface area contributed by atoms with Crippen LogP contribution in [0.4, 0.5) is 0 Å². The second-order valence-electron chi connectivity index (χ2n) is 8.97. The van der Waals surface area contributed by atoms with Crippen molar-refractivity contribution in [3.63, 3.8) is 0 Å². The third kappa shape index (κ3) is 6.85. The Labute approximate surface area is 216 Å². The van der Waals surface area contributed by atoms with Crippen molar-refractivity contribution in [2.24, 2.45) is 12.0 Å². The molecule has 0 unspecified atom stereocenters. The summed E-state index contributed by atoms with van der Waals surface area (Å²) in [6.07, 6.45) is 4.07. The van der Waals surface area contributed by atoms with Gasteiger partial charge >= 0.3 is 0 Å².